The van der Waals surface area contributed by atoms with Gasteiger partial charge in [0.2, 0.25) is 0 Å². The zero-order valence-corrected chi connectivity index (χ0v) is 34.4. The number of carbonyl (C=O) groups is 2. The van der Waals surface area contributed by atoms with E-state index in [1.54, 1.807) is 41.5 Å². The summed E-state index contributed by atoms with van der Waals surface area (Å²) >= 11 is 0. The Hall–Kier alpha value is -4.36. The minimum atomic E-state index is -5.37. The van der Waals surface area contributed by atoms with E-state index < -0.39 is 125 Å². The normalized spacial score (nSPS) is 31.6. The highest BCUT2D eigenvalue weighted by atomic mass is 31.2. The lowest BCUT2D eigenvalue weighted by Gasteiger charge is -2.25. The summed E-state index contributed by atoms with van der Waals surface area (Å²) in [5, 5.41) is 0. The molecular weight excluding hydrogens is 852 g/mol. The molecule has 0 aromatic carbocycles. The maximum absolute atomic E-state index is 16.3. The number of alkyl halides is 2. The van der Waals surface area contributed by atoms with Crippen molar-refractivity contribution in [2.75, 3.05) is 13.2 Å². The van der Waals surface area contributed by atoms with Crippen LogP contribution in [0.4, 0.5) is 8.78 Å². The van der Waals surface area contributed by atoms with Crippen LogP contribution in [0, 0.1) is 10.8 Å². The number of phosphoric ester groups is 2. The molecule has 0 amide bonds. The number of halogens is 2. The number of aromatic nitrogens is 8. The van der Waals surface area contributed by atoms with Crippen molar-refractivity contribution in [1.82, 2.24) is 38.2 Å². The first kappa shape index (κ1) is 43.7. The lowest BCUT2D eigenvalue weighted by atomic mass is 9.97. The zero-order valence-electron chi connectivity index (χ0n) is 32.6. The van der Waals surface area contributed by atoms with Gasteiger partial charge in [0.15, 0.2) is 60.6 Å². The first-order valence-electron chi connectivity index (χ1n) is 18.0. The van der Waals surface area contributed by atoms with Gasteiger partial charge in [-0.1, -0.05) is 0 Å². The minimum absolute atomic E-state index is 0.219. The van der Waals surface area contributed by atoms with Crippen molar-refractivity contribution in [3.63, 3.8) is 0 Å². The Morgan fingerprint density at radius 2 is 1.13 bits per heavy atom. The third kappa shape index (κ3) is 8.58. The van der Waals surface area contributed by atoms with Gasteiger partial charge in [-0.25, -0.2) is 37.8 Å². The maximum atomic E-state index is 16.3. The topological polar surface area (TPSA) is 288 Å². The van der Waals surface area contributed by atoms with Gasteiger partial charge in [-0.2, -0.15) is 0 Å². The molecule has 0 saturated carbocycles. The van der Waals surface area contributed by atoms with E-state index in [4.69, 9.17) is 37.0 Å². The number of phosphoric acid groups is 2. The van der Waals surface area contributed by atoms with Crippen molar-refractivity contribution in [3.8, 4) is 0 Å². The molecule has 0 radical (unpaired) electrons. The predicted octanol–water partition coefficient (Wildman–Crippen LogP) is 1.78. The summed E-state index contributed by atoms with van der Waals surface area (Å²) in [6.45, 7) is 6.55. The van der Waals surface area contributed by atoms with Crippen molar-refractivity contribution < 1.29 is 74.3 Å². The Morgan fingerprint density at radius 3 is 1.62 bits per heavy atom. The summed E-state index contributed by atoms with van der Waals surface area (Å²) in [5.74, 6) is -1.21. The standard InChI is InChI=1S/C32H40F2N8O16P2/c1-31(2,3)29(45)51-13-39-9-37-23-19(25(39)43)35-11-41(23)27-18(34)21-16(56-27)8-54-60(49,50)58-22-17(33)15(7-53-59(47,48)57-21)55-28(22)42-12-36-20-24(42)38-10-40(26(20)44)14-52-30(46)32(4,5)6/h9-12,15-18,21-22,27-28H,7-8,13-14H2,1-6H3,(H,47,48)(H,49,50)/t15-,16-,17+,18-,21-,22-,27-,28-/m1/s1. The molecule has 0 spiro atoms. The zero-order chi connectivity index (χ0) is 43.7. The summed E-state index contributed by atoms with van der Waals surface area (Å²) in [6, 6.07) is 0. The smallest absolute Gasteiger partial charge is 0.443 e. The van der Waals surface area contributed by atoms with Crippen LogP contribution in [-0.2, 0) is 69.2 Å². The van der Waals surface area contributed by atoms with Crippen LogP contribution in [0.5, 0.6) is 0 Å². The Labute approximate surface area is 336 Å². The monoisotopic (exact) mass is 892 g/mol. The number of imidazole rings is 2. The van der Waals surface area contributed by atoms with Crippen molar-refractivity contribution in [1.29, 1.82) is 0 Å². The van der Waals surface area contributed by atoms with Crippen molar-refractivity contribution in [2.45, 2.75) is 104 Å². The van der Waals surface area contributed by atoms with Gasteiger partial charge in [0.05, 0.1) is 36.7 Å². The molecule has 4 aromatic rings. The molecule has 2 N–H and O–H groups in total. The minimum Gasteiger partial charge on any atom is -0.443 e. The van der Waals surface area contributed by atoms with Gasteiger partial charge in [-0.15, -0.1) is 0 Å². The molecule has 28 heteroatoms. The fourth-order valence-corrected chi connectivity index (χ4v) is 8.07. The van der Waals surface area contributed by atoms with Gasteiger partial charge in [0, 0.05) is 0 Å². The van der Waals surface area contributed by atoms with Crippen LogP contribution in [0.3, 0.4) is 0 Å². The first-order valence-corrected chi connectivity index (χ1v) is 21.0. The molecule has 24 nitrogen and oxygen atoms in total. The molecule has 3 fully saturated rings. The van der Waals surface area contributed by atoms with Crippen LogP contribution in [0.2, 0.25) is 0 Å². The van der Waals surface area contributed by atoms with Gasteiger partial charge in [-0.05, 0) is 41.5 Å². The largest absolute Gasteiger partial charge is 0.472 e. The van der Waals surface area contributed by atoms with E-state index in [9.17, 15) is 38.1 Å². The number of hydrogen-bond acceptors (Lipinski definition) is 18. The quantitative estimate of drug-likeness (QED) is 0.206. The van der Waals surface area contributed by atoms with E-state index >= 15 is 8.78 Å². The highest BCUT2D eigenvalue weighted by molar-refractivity contribution is 7.47. The summed E-state index contributed by atoms with van der Waals surface area (Å²) in [7, 11) is -10.7. The molecule has 7 rings (SSSR count). The van der Waals surface area contributed by atoms with Crippen LogP contribution in [0.25, 0.3) is 22.3 Å². The van der Waals surface area contributed by atoms with Gasteiger partial charge in [0.1, 0.15) is 37.1 Å². The maximum Gasteiger partial charge on any atom is 0.472 e. The predicted molar refractivity (Wildman–Crippen MR) is 194 cm³/mol. The van der Waals surface area contributed by atoms with Crippen LogP contribution in [-0.4, -0.2) is 110 Å². The van der Waals surface area contributed by atoms with Gasteiger partial charge in [0.25, 0.3) is 11.1 Å². The fourth-order valence-electron chi connectivity index (χ4n) is 6.19. The Bertz CT molecular complexity index is 2530. The van der Waals surface area contributed by atoms with E-state index in [1.165, 1.54) is 0 Å². The van der Waals surface area contributed by atoms with Crippen LogP contribution in [0.1, 0.15) is 54.0 Å². The van der Waals surface area contributed by atoms with E-state index in [2.05, 4.69) is 19.9 Å². The molecule has 3 aliphatic rings. The number of esters is 2. The average molecular weight is 893 g/mol. The highest BCUT2D eigenvalue weighted by Gasteiger charge is 2.55. The second kappa shape index (κ2) is 15.8. The number of ether oxygens (including phenoxy) is 4. The number of nitrogens with zero attached hydrogens (tertiary/aromatic N) is 8. The summed E-state index contributed by atoms with van der Waals surface area (Å²) in [6.07, 6.45) is -11.9. The molecule has 0 aliphatic carbocycles. The number of rotatable bonds is 6. The first-order chi connectivity index (χ1) is 28.0. The number of fused-ring (bicyclic) bond motifs is 5. The molecular formula is C32H40F2N8O16P2. The fraction of sp³-hybridized carbons (Fsp3) is 0.625. The molecule has 328 valence electrons. The lowest BCUT2D eigenvalue weighted by molar-refractivity contribution is -0.157. The second-order valence-electron chi connectivity index (χ2n) is 16.0. The Morgan fingerprint density at radius 1 is 0.700 bits per heavy atom. The SMILES string of the molecule is CC(C)(C)C(=O)OCn1cnc2c(ncn2[C@@H]2O[C@@H]3COP(=O)(O)O[C@@H]4[C@@H](F)[C@@H](COP(=O)(O)O[C@H]3[C@H]2F)O[C@H]4n2cnc3c(=O)n(COC(=O)C(C)(C)C)cnc32)c1=O. The highest BCUT2D eigenvalue weighted by Crippen LogP contribution is 2.54. The third-order valence-electron chi connectivity index (χ3n) is 9.39. The van der Waals surface area contributed by atoms with Crippen LogP contribution >= 0.6 is 15.6 Å². The molecule has 4 aromatic heterocycles. The van der Waals surface area contributed by atoms with Crippen LogP contribution in [0.15, 0.2) is 34.9 Å². The number of hydrogen-bond donors (Lipinski definition) is 2. The molecule has 2 bridgehead atoms. The molecule has 60 heavy (non-hydrogen) atoms. The van der Waals surface area contributed by atoms with Gasteiger partial charge < -0.3 is 28.7 Å². The molecule has 2 unspecified atom stereocenters. The molecule has 3 aliphatic heterocycles. The average Bonchev–Trinajstić information content (AvgIpc) is 3.93. The summed E-state index contributed by atoms with van der Waals surface area (Å²) in [4.78, 5) is 88.6. The molecule has 3 saturated heterocycles. The number of carbonyl (C=O) groups excluding carboxylic acids is 2. The summed E-state index contributed by atoms with van der Waals surface area (Å²) < 4.78 is 105. The van der Waals surface area contributed by atoms with Gasteiger partial charge in [-0.3, -0.25) is 55.5 Å². The second-order valence-corrected chi connectivity index (χ2v) is 18.8. The molecule has 10 atom stereocenters. The Balaban J connectivity index is 1.12. The van der Waals surface area contributed by atoms with E-state index in [0.717, 1.165) is 43.6 Å². The Kier molecular flexibility index (Phi) is 11.5. The van der Waals surface area contributed by atoms with Crippen LogP contribution < -0.4 is 11.1 Å². The lowest BCUT2D eigenvalue weighted by Crippen LogP contribution is -2.34. The van der Waals surface area contributed by atoms with Crippen molar-refractivity contribution in [2.24, 2.45) is 10.8 Å². The van der Waals surface area contributed by atoms with E-state index in [-0.39, 0.29) is 22.3 Å². The third-order valence-corrected chi connectivity index (χ3v) is 11.4. The van der Waals surface area contributed by atoms with Crippen molar-refractivity contribution >= 4 is 49.9 Å². The molecule has 7 heterocycles. The van der Waals surface area contributed by atoms with E-state index in [0.29, 0.717) is 0 Å². The summed E-state index contributed by atoms with van der Waals surface area (Å²) in [5.41, 5.74) is -4.35. The van der Waals surface area contributed by atoms with Gasteiger partial charge >= 0.3 is 27.6 Å². The van der Waals surface area contributed by atoms with E-state index in [1.807, 2.05) is 0 Å². The van der Waals surface area contributed by atoms with Crippen molar-refractivity contribution in [3.05, 3.63) is 46.0 Å².